The average Bonchev–Trinajstić information content (AvgIpc) is 3.10. The lowest BCUT2D eigenvalue weighted by Gasteiger charge is -2.34. The maximum Gasteiger partial charge on any atom is 0.293 e. The minimum absolute atomic E-state index is 0.185. The first kappa shape index (κ1) is 17.7. The Bertz CT molecular complexity index is 758. The zero-order valence-electron chi connectivity index (χ0n) is 13.8. The Hall–Kier alpha value is -2.09. The van der Waals surface area contributed by atoms with Crippen molar-refractivity contribution in [2.24, 2.45) is 0 Å². The molecule has 1 aliphatic rings. The van der Waals surface area contributed by atoms with Gasteiger partial charge < -0.3 is 19.5 Å². The summed E-state index contributed by atoms with van der Waals surface area (Å²) in [6.45, 7) is 3.92. The minimum Gasteiger partial charge on any atom is -0.459 e. The topological polar surface area (TPSA) is 60.8 Å². The van der Waals surface area contributed by atoms with E-state index in [4.69, 9.17) is 28.2 Å². The van der Waals surface area contributed by atoms with Crippen molar-refractivity contribution < 1.29 is 9.21 Å². The number of nitrogens with zero attached hydrogens (tertiary/aromatic N) is 2. The number of carbonyl (C=O) groups excluding carboxylic acids is 1. The third-order valence-electron chi connectivity index (χ3n) is 4.02. The number of hydrogen-bond acceptors (Lipinski definition) is 5. The van der Waals surface area contributed by atoms with Gasteiger partial charge in [-0.2, -0.15) is 0 Å². The maximum atomic E-state index is 11.9. The zero-order chi connectivity index (χ0) is 17.8. The highest BCUT2D eigenvalue weighted by molar-refractivity contribution is 7.80. The van der Waals surface area contributed by atoms with Gasteiger partial charge in [-0.3, -0.25) is 10.1 Å². The number of anilines is 2. The Morgan fingerprint density at radius 2 is 2.00 bits per heavy atom. The normalized spacial score (nSPS) is 15.0. The van der Waals surface area contributed by atoms with Crippen LogP contribution in [0.5, 0.6) is 0 Å². The van der Waals surface area contributed by atoms with Gasteiger partial charge in [-0.1, -0.05) is 11.6 Å². The van der Waals surface area contributed by atoms with Gasteiger partial charge in [0.2, 0.25) is 0 Å². The maximum absolute atomic E-state index is 11.9. The molecule has 2 heterocycles. The van der Waals surface area contributed by atoms with Crippen LogP contribution in [0.3, 0.4) is 0 Å². The van der Waals surface area contributed by atoms with Gasteiger partial charge in [-0.05, 0) is 49.6 Å². The second kappa shape index (κ2) is 7.86. The fourth-order valence-electron chi connectivity index (χ4n) is 2.62. The van der Waals surface area contributed by atoms with E-state index in [9.17, 15) is 4.79 Å². The van der Waals surface area contributed by atoms with Gasteiger partial charge in [-0.25, -0.2) is 0 Å². The first-order valence-electron chi connectivity index (χ1n) is 7.92. The molecule has 3 rings (SSSR count). The molecule has 8 heteroatoms. The van der Waals surface area contributed by atoms with E-state index in [1.54, 1.807) is 18.2 Å². The van der Waals surface area contributed by atoms with Crippen molar-refractivity contribution in [3.8, 4) is 0 Å². The third kappa shape index (κ3) is 4.50. The summed E-state index contributed by atoms with van der Waals surface area (Å²) in [5, 5.41) is 6.35. The SMILES string of the molecule is CN1CCN(c2ccc(NC(=S)NC(=O)c3ccco3)cc2Cl)CC1. The summed E-state index contributed by atoms with van der Waals surface area (Å²) < 4.78 is 5.03. The van der Waals surface area contributed by atoms with Crippen molar-refractivity contribution in [1.82, 2.24) is 10.2 Å². The number of carbonyl (C=O) groups is 1. The number of likely N-dealkylation sites (N-methyl/N-ethyl adjacent to an activating group) is 1. The van der Waals surface area contributed by atoms with E-state index < -0.39 is 5.91 Å². The van der Waals surface area contributed by atoms with Gasteiger partial charge in [0.1, 0.15) is 0 Å². The predicted molar refractivity (Wildman–Crippen MR) is 104 cm³/mol. The van der Waals surface area contributed by atoms with Crippen LogP contribution in [0.25, 0.3) is 0 Å². The van der Waals surface area contributed by atoms with Gasteiger partial charge >= 0.3 is 0 Å². The van der Waals surface area contributed by atoms with E-state index >= 15 is 0 Å². The molecule has 0 atom stereocenters. The van der Waals surface area contributed by atoms with Crippen LogP contribution in [0, 0.1) is 0 Å². The number of benzene rings is 1. The van der Waals surface area contributed by atoms with Crippen LogP contribution >= 0.6 is 23.8 Å². The van der Waals surface area contributed by atoms with Gasteiger partial charge in [0.25, 0.3) is 5.91 Å². The summed E-state index contributed by atoms with van der Waals surface area (Å²) in [7, 11) is 2.12. The number of rotatable bonds is 3. The molecule has 1 aliphatic heterocycles. The second-order valence-corrected chi connectivity index (χ2v) is 6.66. The monoisotopic (exact) mass is 378 g/mol. The van der Waals surface area contributed by atoms with Gasteiger partial charge in [0.05, 0.1) is 17.0 Å². The number of halogens is 1. The lowest BCUT2D eigenvalue weighted by atomic mass is 10.2. The first-order valence-corrected chi connectivity index (χ1v) is 8.70. The van der Waals surface area contributed by atoms with Crippen LogP contribution in [0.15, 0.2) is 41.0 Å². The Morgan fingerprint density at radius 1 is 1.24 bits per heavy atom. The van der Waals surface area contributed by atoms with Gasteiger partial charge in [0.15, 0.2) is 10.9 Å². The van der Waals surface area contributed by atoms with Crippen LogP contribution in [0.2, 0.25) is 5.02 Å². The fourth-order valence-corrected chi connectivity index (χ4v) is 3.13. The average molecular weight is 379 g/mol. The van der Waals surface area contributed by atoms with Gasteiger partial charge in [-0.15, -0.1) is 0 Å². The highest BCUT2D eigenvalue weighted by Gasteiger charge is 2.17. The zero-order valence-corrected chi connectivity index (χ0v) is 15.4. The quantitative estimate of drug-likeness (QED) is 0.801. The molecule has 25 heavy (non-hydrogen) atoms. The summed E-state index contributed by atoms with van der Waals surface area (Å²) in [6.07, 6.45) is 1.43. The third-order valence-corrected chi connectivity index (χ3v) is 4.53. The summed E-state index contributed by atoms with van der Waals surface area (Å²) in [6, 6.07) is 8.88. The highest BCUT2D eigenvalue weighted by Crippen LogP contribution is 2.29. The molecule has 2 N–H and O–H groups in total. The van der Waals surface area contributed by atoms with Crippen LogP contribution in [0.4, 0.5) is 11.4 Å². The molecular formula is C17H19ClN4O2S. The van der Waals surface area contributed by atoms with Crippen LogP contribution in [-0.2, 0) is 0 Å². The molecule has 0 spiro atoms. The van der Waals surface area contributed by atoms with E-state index in [1.807, 2.05) is 12.1 Å². The molecule has 1 aromatic carbocycles. The number of amides is 1. The summed E-state index contributed by atoms with van der Waals surface area (Å²) in [5.74, 6) is -0.199. The molecule has 0 unspecified atom stereocenters. The molecule has 0 saturated carbocycles. The molecule has 2 aromatic rings. The fraction of sp³-hybridized carbons (Fsp3) is 0.294. The van der Waals surface area contributed by atoms with Crippen molar-refractivity contribution in [1.29, 1.82) is 0 Å². The van der Waals surface area contributed by atoms with E-state index in [1.165, 1.54) is 6.26 Å². The molecule has 1 amide bonds. The lowest BCUT2D eigenvalue weighted by Crippen LogP contribution is -2.44. The van der Waals surface area contributed by atoms with Crippen molar-refractivity contribution >= 4 is 46.2 Å². The molecule has 1 saturated heterocycles. The first-order chi connectivity index (χ1) is 12.0. The minimum atomic E-state index is -0.400. The number of hydrogen-bond donors (Lipinski definition) is 2. The van der Waals surface area contributed by atoms with Crippen molar-refractivity contribution in [2.75, 3.05) is 43.4 Å². The van der Waals surface area contributed by atoms with Crippen molar-refractivity contribution in [3.63, 3.8) is 0 Å². The standard InChI is InChI=1S/C17H19ClN4O2S/c1-21-6-8-22(9-7-21)14-5-4-12(11-13(14)18)19-17(25)20-16(23)15-3-2-10-24-15/h2-5,10-11H,6-9H2,1H3,(H2,19,20,23,25). The van der Waals surface area contributed by atoms with Crippen molar-refractivity contribution in [2.45, 2.75) is 0 Å². The number of furan rings is 1. The van der Waals surface area contributed by atoms with Crippen LogP contribution in [0.1, 0.15) is 10.6 Å². The molecule has 0 aliphatic carbocycles. The summed E-state index contributed by atoms with van der Waals surface area (Å²) in [4.78, 5) is 16.5. The molecule has 1 fully saturated rings. The van der Waals surface area contributed by atoms with Gasteiger partial charge in [0, 0.05) is 31.9 Å². The Labute approximate surface area is 156 Å². The van der Waals surface area contributed by atoms with Crippen molar-refractivity contribution in [3.05, 3.63) is 47.4 Å². The van der Waals surface area contributed by atoms with E-state index in [-0.39, 0.29) is 10.9 Å². The molecule has 132 valence electrons. The molecule has 0 bridgehead atoms. The van der Waals surface area contributed by atoms with E-state index in [2.05, 4.69) is 27.5 Å². The molecule has 0 radical (unpaired) electrons. The Morgan fingerprint density at radius 3 is 2.64 bits per heavy atom. The molecule has 6 nitrogen and oxygen atoms in total. The second-order valence-electron chi connectivity index (χ2n) is 5.84. The van der Waals surface area contributed by atoms with Crippen LogP contribution in [-0.4, -0.2) is 49.1 Å². The predicted octanol–water partition coefficient (Wildman–Crippen LogP) is 2.81. The van der Waals surface area contributed by atoms with Crippen LogP contribution < -0.4 is 15.5 Å². The molecular weight excluding hydrogens is 360 g/mol. The molecule has 1 aromatic heterocycles. The summed E-state index contributed by atoms with van der Waals surface area (Å²) >= 11 is 11.6. The smallest absolute Gasteiger partial charge is 0.293 e. The van der Waals surface area contributed by atoms with E-state index in [0.29, 0.717) is 10.7 Å². The highest BCUT2D eigenvalue weighted by atomic mass is 35.5. The number of nitrogens with one attached hydrogen (secondary N) is 2. The lowest BCUT2D eigenvalue weighted by molar-refractivity contribution is 0.0950. The Balaban J connectivity index is 1.60. The number of thiocarbonyl (C=S) groups is 1. The Kier molecular flexibility index (Phi) is 5.57. The summed E-state index contributed by atoms with van der Waals surface area (Å²) in [5.41, 5.74) is 1.72. The van der Waals surface area contributed by atoms with E-state index in [0.717, 1.165) is 31.9 Å². The number of piperazine rings is 1. The largest absolute Gasteiger partial charge is 0.459 e.